The first kappa shape index (κ1) is 16.7. The largest absolute Gasteiger partial charge is 0.348 e. The molecule has 2 amide bonds. The Balaban J connectivity index is 1.76. The number of hydrogen-bond acceptors (Lipinski definition) is 3. The zero-order chi connectivity index (χ0) is 17.1. The van der Waals surface area contributed by atoms with Crippen LogP contribution in [-0.4, -0.2) is 30.3 Å². The number of benzene rings is 1. The van der Waals surface area contributed by atoms with Gasteiger partial charge in [-0.1, -0.05) is 30.3 Å². The molecule has 0 radical (unpaired) electrons. The van der Waals surface area contributed by atoms with Crippen LogP contribution in [0.5, 0.6) is 0 Å². The van der Waals surface area contributed by atoms with Crippen molar-refractivity contribution in [3.05, 3.63) is 57.8 Å². The van der Waals surface area contributed by atoms with Crippen LogP contribution in [-0.2, 0) is 16.0 Å². The molecular weight excluding hydrogens is 320 g/mol. The molecule has 1 aromatic carbocycles. The van der Waals surface area contributed by atoms with Gasteiger partial charge in [-0.3, -0.25) is 9.59 Å². The summed E-state index contributed by atoms with van der Waals surface area (Å²) in [6.45, 7) is 2.58. The van der Waals surface area contributed by atoms with E-state index in [2.05, 4.69) is 35.8 Å². The molecule has 0 unspecified atom stereocenters. The van der Waals surface area contributed by atoms with Gasteiger partial charge in [0.15, 0.2) is 0 Å². The average Bonchev–Trinajstić information content (AvgIpc) is 3.14. The van der Waals surface area contributed by atoms with Gasteiger partial charge in [-0.15, -0.1) is 11.3 Å². The number of thiophene rings is 1. The van der Waals surface area contributed by atoms with E-state index in [1.54, 1.807) is 23.3 Å². The van der Waals surface area contributed by atoms with E-state index in [4.69, 9.17) is 0 Å². The highest BCUT2D eigenvalue weighted by molar-refractivity contribution is 7.10. The van der Waals surface area contributed by atoms with E-state index in [0.29, 0.717) is 13.0 Å². The van der Waals surface area contributed by atoms with Crippen molar-refractivity contribution in [1.29, 1.82) is 0 Å². The third-order valence-electron chi connectivity index (χ3n) is 4.53. The lowest BCUT2D eigenvalue weighted by Crippen LogP contribution is -2.36. The van der Waals surface area contributed by atoms with Crippen LogP contribution in [0.15, 0.2) is 41.8 Å². The van der Waals surface area contributed by atoms with E-state index >= 15 is 0 Å². The number of carbonyl (C=O) groups is 2. The molecule has 1 aliphatic rings. The summed E-state index contributed by atoms with van der Waals surface area (Å²) in [6, 6.07) is 12.2. The van der Waals surface area contributed by atoms with Gasteiger partial charge in [0.25, 0.3) is 0 Å². The molecule has 4 nitrogen and oxygen atoms in total. The van der Waals surface area contributed by atoms with E-state index in [9.17, 15) is 9.59 Å². The highest BCUT2D eigenvalue weighted by Crippen LogP contribution is 2.28. The maximum atomic E-state index is 12.7. The number of amides is 2. The molecule has 2 heterocycles. The highest BCUT2D eigenvalue weighted by Gasteiger charge is 2.33. The van der Waals surface area contributed by atoms with E-state index in [0.717, 1.165) is 6.42 Å². The highest BCUT2D eigenvalue weighted by atomic mass is 32.1. The van der Waals surface area contributed by atoms with E-state index in [-0.39, 0.29) is 23.8 Å². The topological polar surface area (TPSA) is 49.4 Å². The first-order valence-electron chi connectivity index (χ1n) is 8.17. The lowest BCUT2D eigenvalue weighted by Gasteiger charge is -2.21. The van der Waals surface area contributed by atoms with E-state index in [1.807, 2.05) is 18.2 Å². The molecule has 1 fully saturated rings. The third-order valence-corrected chi connectivity index (χ3v) is 5.66. The van der Waals surface area contributed by atoms with Gasteiger partial charge in [0.1, 0.15) is 0 Å². The summed E-state index contributed by atoms with van der Waals surface area (Å²) >= 11 is 1.67. The fraction of sp³-hybridized carbons (Fsp3) is 0.368. The molecule has 3 rings (SSSR count). The molecule has 2 atom stereocenters. The van der Waals surface area contributed by atoms with Gasteiger partial charge in [-0.25, -0.2) is 0 Å². The molecule has 5 heteroatoms. The van der Waals surface area contributed by atoms with Gasteiger partial charge >= 0.3 is 0 Å². The van der Waals surface area contributed by atoms with Gasteiger partial charge in [0.2, 0.25) is 11.8 Å². The Labute approximate surface area is 146 Å². The van der Waals surface area contributed by atoms with Gasteiger partial charge in [-0.05, 0) is 35.9 Å². The quantitative estimate of drug-likeness (QED) is 0.908. The lowest BCUT2D eigenvalue weighted by molar-refractivity contribution is -0.128. The summed E-state index contributed by atoms with van der Waals surface area (Å²) in [5.41, 5.74) is 2.39. The number of rotatable bonds is 5. The Morgan fingerprint density at radius 1 is 1.33 bits per heavy atom. The zero-order valence-corrected chi connectivity index (χ0v) is 14.8. The number of aryl methyl sites for hydroxylation is 1. The van der Waals surface area contributed by atoms with Crippen molar-refractivity contribution in [3.63, 3.8) is 0 Å². The van der Waals surface area contributed by atoms with Crippen LogP contribution in [0.3, 0.4) is 0 Å². The first-order chi connectivity index (χ1) is 11.5. The van der Waals surface area contributed by atoms with Crippen molar-refractivity contribution >= 4 is 23.2 Å². The average molecular weight is 342 g/mol. The molecular formula is C19H22N2O2S. The maximum Gasteiger partial charge on any atom is 0.225 e. The van der Waals surface area contributed by atoms with Gasteiger partial charge in [-0.2, -0.15) is 0 Å². The van der Waals surface area contributed by atoms with E-state index in [1.165, 1.54) is 16.0 Å². The Hall–Kier alpha value is -2.14. The Kier molecular flexibility index (Phi) is 5.00. The second-order valence-corrected chi connectivity index (χ2v) is 7.34. The van der Waals surface area contributed by atoms with Gasteiger partial charge < -0.3 is 10.2 Å². The summed E-state index contributed by atoms with van der Waals surface area (Å²) in [4.78, 5) is 27.2. The molecule has 1 saturated heterocycles. The molecule has 0 saturated carbocycles. The van der Waals surface area contributed by atoms with Gasteiger partial charge in [0, 0.05) is 24.9 Å². The Morgan fingerprint density at radius 3 is 2.67 bits per heavy atom. The number of hydrogen-bond donors (Lipinski definition) is 1. The molecule has 2 aromatic rings. The molecule has 0 aliphatic carbocycles. The van der Waals surface area contributed by atoms with Gasteiger partial charge in [0.05, 0.1) is 12.0 Å². The van der Waals surface area contributed by atoms with Crippen LogP contribution >= 0.6 is 11.3 Å². The first-order valence-corrected chi connectivity index (χ1v) is 9.05. The summed E-state index contributed by atoms with van der Waals surface area (Å²) < 4.78 is 0. The smallest absolute Gasteiger partial charge is 0.225 e. The van der Waals surface area contributed by atoms with Crippen LogP contribution in [0.1, 0.15) is 28.5 Å². The van der Waals surface area contributed by atoms with Crippen molar-refractivity contribution in [3.8, 4) is 0 Å². The van der Waals surface area contributed by atoms with Crippen LogP contribution in [0.25, 0.3) is 0 Å². The third kappa shape index (κ3) is 3.67. The maximum absolute atomic E-state index is 12.7. The Morgan fingerprint density at radius 2 is 2.08 bits per heavy atom. The number of likely N-dealkylation sites (tertiary alicyclic amines) is 1. The molecule has 126 valence electrons. The predicted molar refractivity (Wildman–Crippen MR) is 95.8 cm³/mol. The van der Waals surface area contributed by atoms with Crippen molar-refractivity contribution in [1.82, 2.24) is 10.2 Å². The summed E-state index contributed by atoms with van der Waals surface area (Å²) in [6.07, 6.45) is 1.06. The summed E-state index contributed by atoms with van der Waals surface area (Å²) in [5, 5.41) is 5.24. The van der Waals surface area contributed by atoms with Crippen LogP contribution in [0, 0.1) is 12.8 Å². The fourth-order valence-corrected chi connectivity index (χ4v) is 4.11. The minimum Gasteiger partial charge on any atom is -0.348 e. The van der Waals surface area contributed by atoms with E-state index < -0.39 is 0 Å². The van der Waals surface area contributed by atoms with Crippen molar-refractivity contribution in [2.24, 2.45) is 5.92 Å². The second-order valence-electron chi connectivity index (χ2n) is 6.39. The number of nitrogens with zero attached hydrogens (tertiary/aromatic N) is 1. The summed E-state index contributed by atoms with van der Waals surface area (Å²) in [7, 11) is 1.75. The van der Waals surface area contributed by atoms with Crippen molar-refractivity contribution in [2.45, 2.75) is 25.8 Å². The summed E-state index contributed by atoms with van der Waals surface area (Å²) in [5.74, 6) is -0.232. The van der Waals surface area contributed by atoms with Crippen LogP contribution < -0.4 is 5.32 Å². The minimum atomic E-state index is -0.249. The van der Waals surface area contributed by atoms with Crippen LogP contribution in [0.2, 0.25) is 0 Å². The Bertz CT molecular complexity index is 726. The normalized spacial score (nSPS) is 18.7. The number of nitrogens with one attached hydrogen (secondary N) is 1. The zero-order valence-electron chi connectivity index (χ0n) is 14.0. The monoisotopic (exact) mass is 342 g/mol. The lowest BCUT2D eigenvalue weighted by atomic mass is 10.0. The molecule has 24 heavy (non-hydrogen) atoms. The SMILES string of the molecule is Cc1ccsc1[C@H](Cc1ccccc1)NC(=O)[C@@H]1CC(=O)N(C)C1. The molecule has 0 bridgehead atoms. The fourth-order valence-electron chi connectivity index (χ4n) is 3.13. The van der Waals surface area contributed by atoms with Crippen molar-refractivity contribution in [2.75, 3.05) is 13.6 Å². The molecule has 1 aromatic heterocycles. The second kappa shape index (κ2) is 7.18. The minimum absolute atomic E-state index is 0.0265. The van der Waals surface area contributed by atoms with Crippen LogP contribution in [0.4, 0.5) is 0 Å². The standard InChI is InChI=1S/C19H22N2O2S/c1-13-8-9-24-18(13)16(10-14-6-4-3-5-7-14)20-19(23)15-11-17(22)21(2)12-15/h3-9,15-16H,10-12H2,1-2H3,(H,20,23)/t15-,16+/m1/s1. The molecule has 1 aliphatic heterocycles. The molecule has 0 spiro atoms. The molecule has 1 N–H and O–H groups in total. The predicted octanol–water partition coefficient (Wildman–Crippen LogP) is 2.93. The number of carbonyl (C=O) groups excluding carboxylic acids is 2. The van der Waals surface area contributed by atoms with Crippen molar-refractivity contribution < 1.29 is 9.59 Å².